The SMILES string of the molecule is C#Cc1cncc(Cl)n1. The normalized spacial score (nSPS) is 8.44. The number of rotatable bonds is 0. The van der Waals surface area contributed by atoms with Crippen molar-refractivity contribution >= 4 is 11.6 Å². The van der Waals surface area contributed by atoms with Crippen molar-refractivity contribution in [2.24, 2.45) is 0 Å². The highest BCUT2D eigenvalue weighted by Gasteiger charge is 1.88. The predicted octanol–water partition coefficient (Wildman–Crippen LogP) is 1.11. The Morgan fingerprint density at radius 3 is 2.78 bits per heavy atom. The van der Waals surface area contributed by atoms with Gasteiger partial charge in [0.05, 0.1) is 12.4 Å². The molecule has 1 aromatic rings. The van der Waals surface area contributed by atoms with Gasteiger partial charge >= 0.3 is 0 Å². The average molecular weight is 139 g/mol. The van der Waals surface area contributed by atoms with Crippen LogP contribution in [0.2, 0.25) is 5.15 Å². The molecule has 0 aliphatic carbocycles. The molecule has 0 aliphatic rings. The number of nitrogens with zero attached hydrogens (tertiary/aromatic N) is 2. The van der Waals surface area contributed by atoms with Crippen LogP contribution in [0.1, 0.15) is 5.69 Å². The van der Waals surface area contributed by atoms with E-state index in [2.05, 4.69) is 15.9 Å². The maximum atomic E-state index is 5.45. The molecule has 1 heterocycles. The van der Waals surface area contributed by atoms with E-state index in [1.807, 2.05) is 0 Å². The molecule has 0 bridgehead atoms. The van der Waals surface area contributed by atoms with Crippen molar-refractivity contribution < 1.29 is 0 Å². The van der Waals surface area contributed by atoms with Crippen molar-refractivity contribution in [3.8, 4) is 12.3 Å². The van der Waals surface area contributed by atoms with Crippen molar-refractivity contribution in [3.05, 3.63) is 23.2 Å². The fraction of sp³-hybridized carbons (Fsp3) is 0. The zero-order chi connectivity index (χ0) is 6.69. The van der Waals surface area contributed by atoms with Crippen molar-refractivity contribution in [1.29, 1.82) is 0 Å². The molecule has 44 valence electrons. The van der Waals surface area contributed by atoms with Crippen LogP contribution in [0.5, 0.6) is 0 Å². The van der Waals surface area contributed by atoms with Crippen LogP contribution in [0.15, 0.2) is 12.4 Å². The van der Waals surface area contributed by atoms with E-state index in [9.17, 15) is 0 Å². The highest BCUT2D eigenvalue weighted by atomic mass is 35.5. The first-order valence-electron chi connectivity index (χ1n) is 2.27. The highest BCUT2D eigenvalue weighted by molar-refractivity contribution is 6.29. The highest BCUT2D eigenvalue weighted by Crippen LogP contribution is 2.00. The average Bonchev–Trinajstić information content (AvgIpc) is 1.88. The van der Waals surface area contributed by atoms with Gasteiger partial charge in [-0.3, -0.25) is 4.98 Å². The number of terminal acetylenes is 1. The second kappa shape index (κ2) is 2.47. The van der Waals surface area contributed by atoms with E-state index in [0.29, 0.717) is 10.8 Å². The first kappa shape index (κ1) is 6.06. The van der Waals surface area contributed by atoms with Gasteiger partial charge in [-0.15, -0.1) is 6.42 Å². The van der Waals surface area contributed by atoms with Crippen LogP contribution in [0.25, 0.3) is 0 Å². The smallest absolute Gasteiger partial charge is 0.148 e. The molecule has 2 nitrogen and oxygen atoms in total. The number of aromatic nitrogens is 2. The van der Waals surface area contributed by atoms with E-state index < -0.39 is 0 Å². The minimum atomic E-state index is 0.324. The summed E-state index contributed by atoms with van der Waals surface area (Å²) in [5.74, 6) is 2.31. The Kier molecular flexibility index (Phi) is 1.66. The monoisotopic (exact) mass is 138 g/mol. The number of hydrogen-bond donors (Lipinski definition) is 0. The molecule has 0 radical (unpaired) electrons. The molecule has 0 saturated carbocycles. The van der Waals surface area contributed by atoms with Crippen molar-refractivity contribution in [2.75, 3.05) is 0 Å². The quantitative estimate of drug-likeness (QED) is 0.502. The van der Waals surface area contributed by atoms with Crippen molar-refractivity contribution in [2.45, 2.75) is 0 Å². The molecular weight excluding hydrogens is 136 g/mol. The Labute approximate surface area is 57.9 Å². The molecule has 0 fully saturated rings. The molecule has 0 spiro atoms. The van der Waals surface area contributed by atoms with Gasteiger partial charge in [-0.1, -0.05) is 11.6 Å². The van der Waals surface area contributed by atoms with Crippen LogP contribution in [-0.2, 0) is 0 Å². The summed E-state index contributed by atoms with van der Waals surface area (Å²) in [5, 5.41) is 0.324. The van der Waals surface area contributed by atoms with Gasteiger partial charge in [-0.2, -0.15) is 0 Å². The second-order valence-corrected chi connectivity index (χ2v) is 1.76. The maximum absolute atomic E-state index is 5.45. The van der Waals surface area contributed by atoms with Gasteiger partial charge in [0.15, 0.2) is 0 Å². The molecular formula is C6H3ClN2. The summed E-state index contributed by atoms with van der Waals surface area (Å²) in [4.78, 5) is 7.48. The largest absolute Gasteiger partial charge is 0.259 e. The molecule has 1 aromatic heterocycles. The topological polar surface area (TPSA) is 25.8 Å². The van der Waals surface area contributed by atoms with Crippen molar-refractivity contribution in [1.82, 2.24) is 9.97 Å². The zero-order valence-corrected chi connectivity index (χ0v) is 5.26. The van der Waals surface area contributed by atoms with Gasteiger partial charge in [-0.25, -0.2) is 4.98 Å². The molecule has 0 saturated heterocycles. The molecule has 9 heavy (non-hydrogen) atoms. The third kappa shape index (κ3) is 1.41. The summed E-state index contributed by atoms with van der Waals surface area (Å²) >= 11 is 5.45. The molecule has 0 N–H and O–H groups in total. The van der Waals surface area contributed by atoms with Crippen LogP contribution in [0.3, 0.4) is 0 Å². The number of halogens is 1. The van der Waals surface area contributed by atoms with Crippen LogP contribution in [0, 0.1) is 12.3 Å². The summed E-state index contributed by atoms with van der Waals surface area (Å²) in [6, 6.07) is 0. The fourth-order valence-electron chi connectivity index (χ4n) is 0.412. The Balaban J connectivity index is 3.12. The molecule has 0 aliphatic heterocycles. The number of hydrogen-bond acceptors (Lipinski definition) is 2. The van der Waals surface area contributed by atoms with E-state index in [1.54, 1.807) is 0 Å². The van der Waals surface area contributed by atoms with Crippen molar-refractivity contribution in [3.63, 3.8) is 0 Å². The van der Waals surface area contributed by atoms with E-state index in [4.69, 9.17) is 18.0 Å². The third-order valence-electron chi connectivity index (χ3n) is 0.753. The lowest BCUT2D eigenvalue weighted by atomic mass is 10.5. The summed E-state index contributed by atoms with van der Waals surface area (Å²) in [6.07, 6.45) is 7.92. The lowest BCUT2D eigenvalue weighted by Crippen LogP contribution is -1.83. The van der Waals surface area contributed by atoms with Crippen LogP contribution < -0.4 is 0 Å². The summed E-state index contributed by atoms with van der Waals surface area (Å²) in [5.41, 5.74) is 0.461. The van der Waals surface area contributed by atoms with Gasteiger partial charge in [0.1, 0.15) is 10.8 Å². The van der Waals surface area contributed by atoms with Gasteiger partial charge in [0, 0.05) is 0 Å². The van der Waals surface area contributed by atoms with Gasteiger partial charge in [0.2, 0.25) is 0 Å². The summed E-state index contributed by atoms with van der Waals surface area (Å²) in [6.45, 7) is 0. The first-order chi connectivity index (χ1) is 4.33. The molecule has 0 atom stereocenters. The van der Waals surface area contributed by atoms with Crippen LogP contribution in [0.4, 0.5) is 0 Å². The van der Waals surface area contributed by atoms with Gasteiger partial charge in [-0.05, 0) is 5.92 Å². The van der Waals surface area contributed by atoms with E-state index in [-0.39, 0.29) is 0 Å². The van der Waals surface area contributed by atoms with Gasteiger partial charge < -0.3 is 0 Å². The standard InChI is InChI=1S/C6H3ClN2/c1-2-5-3-8-4-6(7)9-5/h1,3-4H. The minimum absolute atomic E-state index is 0.324. The lowest BCUT2D eigenvalue weighted by molar-refractivity contribution is 1.17. The second-order valence-electron chi connectivity index (χ2n) is 1.37. The first-order valence-corrected chi connectivity index (χ1v) is 2.65. The van der Waals surface area contributed by atoms with E-state index in [1.165, 1.54) is 12.4 Å². The van der Waals surface area contributed by atoms with Gasteiger partial charge in [0.25, 0.3) is 0 Å². The van der Waals surface area contributed by atoms with E-state index >= 15 is 0 Å². The minimum Gasteiger partial charge on any atom is -0.259 e. The molecule has 0 amide bonds. The van der Waals surface area contributed by atoms with Crippen LogP contribution >= 0.6 is 11.6 Å². The Morgan fingerprint density at radius 1 is 1.56 bits per heavy atom. The summed E-state index contributed by atoms with van der Waals surface area (Å²) in [7, 11) is 0. The van der Waals surface area contributed by atoms with Crippen LogP contribution in [-0.4, -0.2) is 9.97 Å². The molecule has 3 heteroatoms. The third-order valence-corrected chi connectivity index (χ3v) is 0.935. The molecule has 1 rings (SSSR count). The Bertz CT molecular complexity index is 251. The molecule has 0 aromatic carbocycles. The van der Waals surface area contributed by atoms with E-state index in [0.717, 1.165) is 0 Å². The molecule has 0 unspecified atom stereocenters. The predicted molar refractivity (Wildman–Crippen MR) is 35.0 cm³/mol. The fourth-order valence-corrected chi connectivity index (χ4v) is 0.559. The zero-order valence-electron chi connectivity index (χ0n) is 4.50. The maximum Gasteiger partial charge on any atom is 0.148 e. The summed E-state index contributed by atoms with van der Waals surface area (Å²) < 4.78 is 0. The Morgan fingerprint density at radius 2 is 2.33 bits per heavy atom. The Hall–Kier alpha value is -1.07. The lowest BCUT2D eigenvalue weighted by Gasteiger charge is -1.86.